The van der Waals surface area contributed by atoms with Crippen LogP contribution in [0.1, 0.15) is 10.4 Å². The zero-order valence-corrected chi connectivity index (χ0v) is 10.5. The summed E-state index contributed by atoms with van der Waals surface area (Å²) >= 11 is 9.46. The number of aromatic carboxylic acids is 1. The monoisotopic (exact) mass is 338 g/mol. The van der Waals surface area contributed by atoms with Gasteiger partial charge in [0, 0.05) is 19.0 Å². The summed E-state index contributed by atoms with van der Waals surface area (Å²) in [5.74, 6) is -0.894. The minimum Gasteiger partial charge on any atom is -0.478 e. The highest BCUT2D eigenvalue weighted by Gasteiger charge is 2.13. The van der Waals surface area contributed by atoms with Crippen LogP contribution in [0.5, 0.6) is 0 Å². The number of carbonyl (C=O) groups is 1. The maximum absolute atomic E-state index is 10.8. The molecule has 0 aliphatic heterocycles. The summed E-state index contributed by atoms with van der Waals surface area (Å²) in [6.07, 6.45) is 0. The molecule has 2 nitrogen and oxygen atoms in total. The maximum Gasteiger partial charge on any atom is 0.337 e. The number of hydrogen-bond donors (Lipinski definition) is 1. The van der Waals surface area contributed by atoms with E-state index in [0.717, 1.165) is 13.7 Å². The highest BCUT2D eigenvalue weighted by atomic mass is 127. The Hall–Kier alpha value is -0.330. The van der Waals surface area contributed by atoms with Gasteiger partial charge in [-0.25, -0.2) is 4.79 Å². The first-order chi connectivity index (χ1) is 6.61. The third-order valence-corrected chi connectivity index (χ3v) is 5.00. The van der Waals surface area contributed by atoms with Crippen LogP contribution in [-0.2, 0) is 0 Å². The van der Waals surface area contributed by atoms with Crippen LogP contribution in [0.3, 0.4) is 0 Å². The average molecular weight is 339 g/mol. The summed E-state index contributed by atoms with van der Waals surface area (Å²) in [7, 11) is 0. The molecule has 0 spiro atoms. The van der Waals surface area contributed by atoms with E-state index in [4.69, 9.17) is 16.7 Å². The summed E-state index contributed by atoms with van der Waals surface area (Å²) in [5.41, 5.74) is 0.347. The molecule has 0 unspecified atom stereocenters. The normalized spacial score (nSPS) is 10.7. The second kappa shape index (κ2) is 3.67. The number of carboxylic acids is 1. The third kappa shape index (κ3) is 1.51. The third-order valence-electron chi connectivity index (χ3n) is 1.87. The Labute approximate surface area is 103 Å². The average Bonchev–Trinajstić information content (AvgIpc) is 2.55. The van der Waals surface area contributed by atoms with Gasteiger partial charge in [0.05, 0.1) is 10.6 Å². The van der Waals surface area contributed by atoms with Crippen LogP contribution in [0.2, 0.25) is 5.02 Å². The molecule has 2 aromatic rings. The van der Waals surface area contributed by atoms with Crippen molar-refractivity contribution in [2.75, 3.05) is 0 Å². The molecule has 1 heterocycles. The quantitative estimate of drug-likeness (QED) is 0.802. The van der Waals surface area contributed by atoms with Gasteiger partial charge in [0.2, 0.25) is 0 Å². The van der Waals surface area contributed by atoms with Gasteiger partial charge in [-0.15, -0.1) is 11.3 Å². The van der Waals surface area contributed by atoms with Gasteiger partial charge in [-0.05, 0) is 28.7 Å². The Morgan fingerprint density at radius 3 is 2.86 bits per heavy atom. The molecule has 0 saturated heterocycles. The summed E-state index contributed by atoms with van der Waals surface area (Å²) in [4.78, 5) is 10.8. The molecular formula is C9H4ClIO2S. The zero-order valence-electron chi connectivity index (χ0n) is 6.75. The van der Waals surface area contributed by atoms with Gasteiger partial charge in [0.1, 0.15) is 0 Å². The van der Waals surface area contributed by atoms with Gasteiger partial charge >= 0.3 is 5.97 Å². The van der Waals surface area contributed by atoms with Crippen molar-refractivity contribution >= 4 is 61.6 Å². The lowest BCUT2D eigenvalue weighted by Crippen LogP contribution is -1.93. The topological polar surface area (TPSA) is 37.3 Å². The van der Waals surface area contributed by atoms with Gasteiger partial charge in [-0.3, -0.25) is 0 Å². The molecule has 0 bridgehead atoms. The van der Waals surface area contributed by atoms with Crippen LogP contribution in [0.25, 0.3) is 10.1 Å². The number of carboxylic acid groups (broad SMARTS) is 1. The van der Waals surface area contributed by atoms with Crippen LogP contribution >= 0.6 is 45.5 Å². The van der Waals surface area contributed by atoms with Crippen LogP contribution in [0, 0.1) is 3.57 Å². The molecule has 0 atom stereocenters. The van der Waals surface area contributed by atoms with E-state index in [1.54, 1.807) is 17.5 Å². The Morgan fingerprint density at radius 1 is 1.50 bits per heavy atom. The van der Waals surface area contributed by atoms with E-state index in [0.29, 0.717) is 10.6 Å². The minimum atomic E-state index is -0.894. The van der Waals surface area contributed by atoms with E-state index in [2.05, 4.69) is 22.6 Å². The van der Waals surface area contributed by atoms with Gasteiger partial charge in [-0.2, -0.15) is 0 Å². The maximum atomic E-state index is 10.8. The largest absolute Gasteiger partial charge is 0.478 e. The van der Waals surface area contributed by atoms with Crippen molar-refractivity contribution in [3.63, 3.8) is 0 Å². The molecule has 72 valence electrons. The molecule has 2 rings (SSSR count). The predicted molar refractivity (Wildman–Crippen MR) is 66.5 cm³/mol. The summed E-state index contributed by atoms with van der Waals surface area (Å²) in [6.45, 7) is 0. The number of hydrogen-bond acceptors (Lipinski definition) is 2. The summed E-state index contributed by atoms with van der Waals surface area (Å²) in [6, 6.07) is 3.48. The van der Waals surface area contributed by atoms with E-state index < -0.39 is 5.97 Å². The Morgan fingerprint density at radius 2 is 2.21 bits per heavy atom. The highest BCUT2D eigenvalue weighted by molar-refractivity contribution is 14.1. The predicted octanol–water partition coefficient (Wildman–Crippen LogP) is 3.86. The summed E-state index contributed by atoms with van der Waals surface area (Å²) < 4.78 is 1.86. The molecule has 0 saturated carbocycles. The van der Waals surface area contributed by atoms with Gasteiger partial charge in [-0.1, -0.05) is 17.7 Å². The lowest BCUT2D eigenvalue weighted by atomic mass is 10.2. The Balaban J connectivity index is 2.83. The van der Waals surface area contributed by atoms with E-state index >= 15 is 0 Å². The molecule has 1 aromatic heterocycles. The van der Waals surface area contributed by atoms with E-state index in [9.17, 15) is 4.79 Å². The first-order valence-corrected chi connectivity index (χ1v) is 6.03. The number of rotatable bonds is 1. The van der Waals surface area contributed by atoms with Crippen molar-refractivity contribution < 1.29 is 9.90 Å². The van der Waals surface area contributed by atoms with Crippen molar-refractivity contribution in [2.45, 2.75) is 0 Å². The zero-order chi connectivity index (χ0) is 10.3. The standard InChI is InChI=1S/C9H4ClIO2S/c10-6-2-1-4-5(9(12)13)3-14-8(4)7(6)11/h1-3H,(H,12,13). The fourth-order valence-electron chi connectivity index (χ4n) is 1.21. The molecule has 14 heavy (non-hydrogen) atoms. The second-order valence-corrected chi connectivity index (χ2v) is 5.06. The molecule has 1 aromatic carbocycles. The molecule has 5 heteroatoms. The minimum absolute atomic E-state index is 0.347. The SMILES string of the molecule is O=C(O)c1csc2c(I)c(Cl)ccc12. The highest BCUT2D eigenvalue weighted by Crippen LogP contribution is 2.34. The Bertz CT molecular complexity index is 521. The number of thiophene rings is 1. The van der Waals surface area contributed by atoms with Gasteiger partial charge in [0.25, 0.3) is 0 Å². The molecule has 0 aliphatic rings. The van der Waals surface area contributed by atoms with E-state index in [-0.39, 0.29) is 0 Å². The fraction of sp³-hybridized carbons (Fsp3) is 0. The van der Waals surface area contributed by atoms with Gasteiger partial charge in [0.15, 0.2) is 0 Å². The van der Waals surface area contributed by atoms with E-state index in [1.165, 1.54) is 11.3 Å². The first-order valence-electron chi connectivity index (χ1n) is 3.69. The number of fused-ring (bicyclic) bond motifs is 1. The lowest BCUT2D eigenvalue weighted by Gasteiger charge is -1.97. The number of benzene rings is 1. The van der Waals surface area contributed by atoms with Crippen molar-refractivity contribution in [2.24, 2.45) is 0 Å². The van der Waals surface area contributed by atoms with Crippen LogP contribution in [0.15, 0.2) is 17.5 Å². The van der Waals surface area contributed by atoms with Crippen molar-refractivity contribution in [3.8, 4) is 0 Å². The first kappa shape index (κ1) is 10.2. The van der Waals surface area contributed by atoms with Crippen molar-refractivity contribution in [1.29, 1.82) is 0 Å². The van der Waals surface area contributed by atoms with Crippen molar-refractivity contribution in [1.82, 2.24) is 0 Å². The summed E-state index contributed by atoms with van der Waals surface area (Å²) in [5, 5.41) is 12.0. The molecule has 0 radical (unpaired) electrons. The fourth-order valence-corrected chi connectivity index (χ4v) is 3.25. The molecule has 0 amide bonds. The lowest BCUT2D eigenvalue weighted by molar-refractivity contribution is 0.0699. The van der Waals surface area contributed by atoms with Crippen LogP contribution in [-0.4, -0.2) is 11.1 Å². The van der Waals surface area contributed by atoms with Crippen LogP contribution < -0.4 is 0 Å². The number of halogens is 2. The van der Waals surface area contributed by atoms with Crippen LogP contribution in [0.4, 0.5) is 0 Å². The molecule has 1 N–H and O–H groups in total. The smallest absolute Gasteiger partial charge is 0.337 e. The Kier molecular flexibility index (Phi) is 2.68. The second-order valence-electron chi connectivity index (χ2n) is 2.69. The van der Waals surface area contributed by atoms with E-state index in [1.807, 2.05) is 0 Å². The van der Waals surface area contributed by atoms with Gasteiger partial charge < -0.3 is 5.11 Å². The molecular weight excluding hydrogens is 335 g/mol. The molecule has 0 aliphatic carbocycles. The molecule has 0 fully saturated rings. The van der Waals surface area contributed by atoms with Crippen molar-refractivity contribution in [3.05, 3.63) is 31.7 Å².